The highest BCUT2D eigenvalue weighted by molar-refractivity contribution is 7.87. The van der Waals surface area contributed by atoms with Gasteiger partial charge in [0.15, 0.2) is 0 Å². The Hall–Kier alpha value is -0.680. The van der Waals surface area contributed by atoms with Gasteiger partial charge in [0.2, 0.25) is 0 Å². The van der Waals surface area contributed by atoms with Crippen molar-refractivity contribution in [2.24, 2.45) is 0 Å². The van der Waals surface area contributed by atoms with Crippen LogP contribution in [-0.4, -0.2) is 21.0 Å². The summed E-state index contributed by atoms with van der Waals surface area (Å²) in [6, 6.07) is 3.72. The highest BCUT2D eigenvalue weighted by Gasteiger charge is 2.04. The zero-order valence-corrected chi connectivity index (χ0v) is 9.27. The molecule has 1 rings (SSSR count). The van der Waals surface area contributed by atoms with E-state index >= 15 is 0 Å². The lowest BCUT2D eigenvalue weighted by Crippen LogP contribution is -1.99. The summed E-state index contributed by atoms with van der Waals surface area (Å²) in [7, 11) is -0.941. The molecule has 0 aromatic carbocycles. The summed E-state index contributed by atoms with van der Waals surface area (Å²) < 4.78 is 12.4. The molecular weight excluding hydrogens is 220 g/mol. The first-order valence-corrected chi connectivity index (χ1v) is 6.53. The summed E-state index contributed by atoms with van der Waals surface area (Å²) in [6.07, 6.45) is 1.48. The van der Waals surface area contributed by atoms with Gasteiger partial charge in [-0.1, -0.05) is 6.07 Å². The van der Waals surface area contributed by atoms with Gasteiger partial charge in [-0.05, 0) is 24.3 Å². The van der Waals surface area contributed by atoms with Crippen molar-refractivity contribution in [3.63, 3.8) is 0 Å². The molecule has 0 aliphatic heterocycles. The van der Waals surface area contributed by atoms with Crippen LogP contribution in [0.15, 0.2) is 21.7 Å². The maximum atomic E-state index is 11.5. The molecule has 78 valence electrons. The van der Waals surface area contributed by atoms with Crippen molar-refractivity contribution in [3.8, 4) is 0 Å². The molecule has 0 spiro atoms. The van der Waals surface area contributed by atoms with Gasteiger partial charge in [-0.2, -0.15) is 0 Å². The quantitative estimate of drug-likeness (QED) is 0.764. The van der Waals surface area contributed by atoms with Crippen molar-refractivity contribution >= 4 is 28.1 Å². The molecule has 1 aromatic heterocycles. The molecule has 0 amide bonds. The lowest BCUT2D eigenvalue weighted by atomic mass is 10.3. The number of thiophene rings is 1. The third-order valence-electron chi connectivity index (χ3n) is 1.69. The first kappa shape index (κ1) is 11.4. The van der Waals surface area contributed by atoms with Crippen LogP contribution in [0, 0.1) is 0 Å². The van der Waals surface area contributed by atoms with Gasteiger partial charge in [-0.25, -0.2) is 0 Å². The Labute approximate surface area is 89.2 Å². The predicted molar refractivity (Wildman–Crippen MR) is 57.1 cm³/mol. The third kappa shape index (κ3) is 4.02. The Balaban J connectivity index is 2.19. The first-order chi connectivity index (χ1) is 6.70. The van der Waals surface area contributed by atoms with E-state index < -0.39 is 16.8 Å². The average molecular weight is 232 g/mol. The van der Waals surface area contributed by atoms with Crippen LogP contribution in [0.5, 0.6) is 0 Å². The molecule has 1 unspecified atom stereocenters. The minimum absolute atomic E-state index is 0.168. The van der Waals surface area contributed by atoms with E-state index in [1.807, 2.05) is 17.5 Å². The Morgan fingerprint density at radius 1 is 1.50 bits per heavy atom. The predicted octanol–water partition coefficient (Wildman–Crippen LogP) is 2.11. The van der Waals surface area contributed by atoms with Gasteiger partial charge in [0.1, 0.15) is 0 Å². The lowest BCUT2D eigenvalue weighted by molar-refractivity contribution is -0.137. The number of carboxylic acids is 1. The smallest absolute Gasteiger partial charge is 0.303 e. The number of hydrogen-bond donors (Lipinski definition) is 1. The minimum atomic E-state index is -0.941. The fraction of sp³-hybridized carbons (Fsp3) is 0.444. The first-order valence-electron chi connectivity index (χ1n) is 4.34. The van der Waals surface area contributed by atoms with Crippen LogP contribution in [0.25, 0.3) is 0 Å². The van der Waals surface area contributed by atoms with Gasteiger partial charge < -0.3 is 5.11 Å². The summed E-state index contributed by atoms with van der Waals surface area (Å²) in [5.74, 6) is -0.222. The van der Waals surface area contributed by atoms with Gasteiger partial charge in [-0.3, -0.25) is 9.00 Å². The van der Waals surface area contributed by atoms with E-state index in [0.29, 0.717) is 18.6 Å². The fourth-order valence-corrected chi connectivity index (χ4v) is 3.20. The lowest BCUT2D eigenvalue weighted by Gasteiger charge is -1.97. The number of hydrogen-bond acceptors (Lipinski definition) is 3. The summed E-state index contributed by atoms with van der Waals surface area (Å²) in [4.78, 5) is 10.2. The van der Waals surface area contributed by atoms with E-state index in [1.165, 1.54) is 11.3 Å². The molecule has 0 saturated heterocycles. The largest absolute Gasteiger partial charge is 0.481 e. The van der Waals surface area contributed by atoms with Crippen LogP contribution < -0.4 is 0 Å². The van der Waals surface area contributed by atoms with Gasteiger partial charge in [-0.15, -0.1) is 11.3 Å². The third-order valence-corrected chi connectivity index (χ3v) is 4.44. The van der Waals surface area contributed by atoms with Crippen LogP contribution in [0.4, 0.5) is 0 Å². The molecule has 0 saturated carbocycles. The van der Waals surface area contributed by atoms with Crippen molar-refractivity contribution in [2.75, 3.05) is 5.75 Å². The van der Waals surface area contributed by atoms with Gasteiger partial charge in [0.25, 0.3) is 0 Å². The molecule has 14 heavy (non-hydrogen) atoms. The van der Waals surface area contributed by atoms with E-state index in [1.54, 1.807) is 0 Å². The number of unbranched alkanes of at least 4 members (excludes halogenated alkanes) is 1. The maximum absolute atomic E-state index is 11.5. The van der Waals surface area contributed by atoms with Crippen molar-refractivity contribution in [3.05, 3.63) is 17.5 Å². The van der Waals surface area contributed by atoms with Crippen molar-refractivity contribution in [1.82, 2.24) is 0 Å². The fourth-order valence-electron chi connectivity index (χ4n) is 1.00. The molecule has 0 aliphatic rings. The van der Waals surface area contributed by atoms with Crippen molar-refractivity contribution < 1.29 is 14.1 Å². The second kappa shape index (κ2) is 5.93. The topological polar surface area (TPSA) is 54.4 Å². The molecular formula is C9H12O3S2. The van der Waals surface area contributed by atoms with E-state index in [4.69, 9.17) is 5.11 Å². The van der Waals surface area contributed by atoms with Crippen LogP contribution in [-0.2, 0) is 15.6 Å². The number of carboxylic acid groups (broad SMARTS) is 1. The second-order valence-corrected chi connectivity index (χ2v) is 5.58. The molecule has 0 aliphatic carbocycles. The number of rotatable bonds is 6. The SMILES string of the molecule is O=C(O)CCCCS(=O)c1cccs1. The Kier molecular flexibility index (Phi) is 4.82. The molecule has 0 radical (unpaired) electrons. The van der Waals surface area contributed by atoms with Crippen LogP contribution in [0.2, 0.25) is 0 Å². The monoisotopic (exact) mass is 232 g/mol. The highest BCUT2D eigenvalue weighted by Crippen LogP contribution is 2.15. The molecule has 1 aromatic rings. The van der Waals surface area contributed by atoms with E-state index in [-0.39, 0.29) is 6.42 Å². The summed E-state index contributed by atoms with van der Waals surface area (Å²) in [5.41, 5.74) is 0. The summed E-state index contributed by atoms with van der Waals surface area (Å²) in [6.45, 7) is 0. The molecule has 1 heterocycles. The van der Waals surface area contributed by atoms with Gasteiger partial charge in [0.05, 0.1) is 15.0 Å². The van der Waals surface area contributed by atoms with Gasteiger partial charge >= 0.3 is 5.97 Å². The molecule has 0 fully saturated rings. The number of carbonyl (C=O) groups is 1. The second-order valence-electron chi connectivity index (χ2n) is 2.83. The summed E-state index contributed by atoms with van der Waals surface area (Å²) >= 11 is 1.48. The Bertz CT molecular complexity index is 306. The molecule has 5 heteroatoms. The molecule has 0 bridgehead atoms. The van der Waals surface area contributed by atoms with E-state index in [9.17, 15) is 9.00 Å². The van der Waals surface area contributed by atoms with E-state index in [0.717, 1.165) is 4.21 Å². The maximum Gasteiger partial charge on any atom is 0.303 e. The number of aliphatic carboxylic acids is 1. The summed E-state index contributed by atoms with van der Waals surface area (Å²) in [5, 5.41) is 10.3. The average Bonchev–Trinajstić information content (AvgIpc) is 2.64. The minimum Gasteiger partial charge on any atom is -0.481 e. The molecule has 3 nitrogen and oxygen atoms in total. The molecule has 1 N–H and O–H groups in total. The Morgan fingerprint density at radius 3 is 2.86 bits per heavy atom. The zero-order chi connectivity index (χ0) is 10.4. The van der Waals surface area contributed by atoms with Crippen LogP contribution in [0.3, 0.4) is 0 Å². The highest BCUT2D eigenvalue weighted by atomic mass is 32.2. The van der Waals surface area contributed by atoms with E-state index in [2.05, 4.69) is 0 Å². The van der Waals surface area contributed by atoms with Crippen LogP contribution in [0.1, 0.15) is 19.3 Å². The zero-order valence-electron chi connectivity index (χ0n) is 7.64. The van der Waals surface area contributed by atoms with Crippen LogP contribution >= 0.6 is 11.3 Å². The van der Waals surface area contributed by atoms with Crippen molar-refractivity contribution in [2.45, 2.75) is 23.5 Å². The Morgan fingerprint density at radius 2 is 2.29 bits per heavy atom. The van der Waals surface area contributed by atoms with Crippen molar-refractivity contribution in [1.29, 1.82) is 0 Å². The standard InChI is InChI=1S/C9H12O3S2/c10-8(11)4-1-2-7-14(12)9-5-3-6-13-9/h3,5-6H,1-2,4,7H2,(H,10,11). The van der Waals surface area contributed by atoms with Gasteiger partial charge in [0, 0.05) is 12.2 Å². The normalized spacial score (nSPS) is 12.6. The molecule has 1 atom stereocenters.